The van der Waals surface area contributed by atoms with Gasteiger partial charge in [-0.2, -0.15) is 0 Å². The number of aliphatic hydroxyl groups excluding tert-OH is 1. The Morgan fingerprint density at radius 2 is 2.38 bits per heavy atom. The first kappa shape index (κ1) is 12.0. The molecule has 0 aliphatic heterocycles. The molecule has 0 aliphatic rings. The van der Waals surface area contributed by atoms with Crippen LogP contribution in [0.2, 0.25) is 0 Å². The number of hydrogen-bond donors (Lipinski definition) is 2. The largest absolute Gasteiger partial charge is 0.453 e. The highest BCUT2D eigenvalue weighted by atomic mass is 19.1. The minimum Gasteiger partial charge on any atom is -0.453 e. The number of carbonyl (C=O) groups is 1. The third-order valence-corrected chi connectivity index (χ3v) is 1.70. The Morgan fingerprint density at radius 1 is 1.62 bits per heavy atom. The van der Waals surface area contributed by atoms with E-state index in [9.17, 15) is 9.18 Å². The van der Waals surface area contributed by atoms with Gasteiger partial charge in [-0.1, -0.05) is 11.8 Å². The number of benzene rings is 1. The van der Waals surface area contributed by atoms with Crippen LogP contribution >= 0.6 is 0 Å². The maximum absolute atomic E-state index is 13.4. The maximum atomic E-state index is 13.4. The lowest BCUT2D eigenvalue weighted by Crippen LogP contribution is -2.11. The van der Waals surface area contributed by atoms with Crippen molar-refractivity contribution >= 4 is 11.8 Å². The summed E-state index contributed by atoms with van der Waals surface area (Å²) in [6, 6.07) is 4.02. The van der Waals surface area contributed by atoms with E-state index in [2.05, 4.69) is 21.9 Å². The molecular formula is C11H10FNO3. The van der Waals surface area contributed by atoms with Gasteiger partial charge in [0.2, 0.25) is 0 Å². The molecule has 1 aromatic carbocycles. The lowest BCUT2D eigenvalue weighted by molar-refractivity contribution is 0.187. The van der Waals surface area contributed by atoms with E-state index in [1.165, 1.54) is 19.2 Å². The molecular weight excluding hydrogens is 213 g/mol. The molecule has 0 unspecified atom stereocenters. The zero-order valence-corrected chi connectivity index (χ0v) is 8.58. The molecule has 0 fully saturated rings. The summed E-state index contributed by atoms with van der Waals surface area (Å²) in [6.07, 6.45) is -0.673. The molecule has 0 saturated carbocycles. The van der Waals surface area contributed by atoms with Crippen LogP contribution in [-0.4, -0.2) is 24.9 Å². The molecule has 16 heavy (non-hydrogen) atoms. The van der Waals surface area contributed by atoms with Crippen LogP contribution in [0.3, 0.4) is 0 Å². The van der Waals surface area contributed by atoms with Crippen LogP contribution in [0, 0.1) is 17.7 Å². The molecule has 5 heteroatoms. The fourth-order valence-electron chi connectivity index (χ4n) is 0.998. The summed E-state index contributed by atoms with van der Waals surface area (Å²) >= 11 is 0. The van der Waals surface area contributed by atoms with E-state index in [0.29, 0.717) is 0 Å². The van der Waals surface area contributed by atoms with Crippen molar-refractivity contribution in [2.45, 2.75) is 0 Å². The number of methoxy groups -OCH3 is 1. The monoisotopic (exact) mass is 223 g/mol. The van der Waals surface area contributed by atoms with Crippen LogP contribution < -0.4 is 5.32 Å². The van der Waals surface area contributed by atoms with Crippen molar-refractivity contribution in [3.05, 3.63) is 29.6 Å². The quantitative estimate of drug-likeness (QED) is 0.706. The van der Waals surface area contributed by atoms with Crippen LogP contribution in [0.5, 0.6) is 0 Å². The number of nitrogens with one attached hydrogen (secondary N) is 1. The van der Waals surface area contributed by atoms with Gasteiger partial charge in [-0.05, 0) is 18.2 Å². The predicted molar refractivity (Wildman–Crippen MR) is 56.4 cm³/mol. The second-order valence-electron chi connectivity index (χ2n) is 2.77. The van der Waals surface area contributed by atoms with Crippen molar-refractivity contribution in [3.8, 4) is 11.8 Å². The van der Waals surface area contributed by atoms with Crippen LogP contribution in [0.1, 0.15) is 5.56 Å². The van der Waals surface area contributed by atoms with Crippen LogP contribution in [0.4, 0.5) is 14.9 Å². The second kappa shape index (κ2) is 5.73. The SMILES string of the molecule is COC(=O)Nc1ccc(C#CCO)c(F)c1. The normalized spacial score (nSPS) is 8.94. The fourth-order valence-corrected chi connectivity index (χ4v) is 0.998. The van der Waals surface area contributed by atoms with Crippen LogP contribution in [0.25, 0.3) is 0 Å². The van der Waals surface area contributed by atoms with Crippen molar-refractivity contribution in [2.75, 3.05) is 19.0 Å². The van der Waals surface area contributed by atoms with Crippen molar-refractivity contribution in [1.29, 1.82) is 0 Å². The lowest BCUT2D eigenvalue weighted by atomic mass is 10.2. The molecule has 0 saturated heterocycles. The molecule has 0 radical (unpaired) electrons. The molecule has 0 aliphatic carbocycles. The van der Waals surface area contributed by atoms with E-state index in [1.54, 1.807) is 0 Å². The van der Waals surface area contributed by atoms with Gasteiger partial charge in [0.05, 0.1) is 12.7 Å². The number of aliphatic hydroxyl groups is 1. The van der Waals surface area contributed by atoms with Crippen LogP contribution in [-0.2, 0) is 4.74 Å². The number of carbonyl (C=O) groups excluding carboxylic acids is 1. The van der Waals surface area contributed by atoms with Crippen molar-refractivity contribution in [1.82, 2.24) is 0 Å². The highest BCUT2D eigenvalue weighted by Gasteiger charge is 2.04. The van der Waals surface area contributed by atoms with Gasteiger partial charge < -0.3 is 9.84 Å². The average molecular weight is 223 g/mol. The summed E-state index contributed by atoms with van der Waals surface area (Å²) < 4.78 is 17.7. The zero-order valence-electron chi connectivity index (χ0n) is 8.58. The van der Waals surface area contributed by atoms with Gasteiger partial charge in [-0.3, -0.25) is 5.32 Å². The molecule has 0 bridgehead atoms. The van der Waals surface area contributed by atoms with Crippen molar-refractivity contribution in [3.63, 3.8) is 0 Å². The number of anilines is 1. The third kappa shape index (κ3) is 3.26. The summed E-state index contributed by atoms with van der Waals surface area (Å²) in [6.45, 7) is -0.332. The first-order chi connectivity index (χ1) is 7.67. The third-order valence-electron chi connectivity index (χ3n) is 1.70. The zero-order chi connectivity index (χ0) is 12.0. The standard InChI is InChI=1S/C11H10FNO3/c1-16-11(15)13-9-5-4-8(3-2-6-14)10(12)7-9/h4-5,7,14H,6H2,1H3,(H,13,15). The Labute approximate surface area is 92.0 Å². The topological polar surface area (TPSA) is 58.6 Å². The van der Waals surface area contributed by atoms with Crippen molar-refractivity contribution < 1.29 is 19.0 Å². The van der Waals surface area contributed by atoms with Gasteiger partial charge in [0, 0.05) is 5.69 Å². The average Bonchev–Trinajstić information content (AvgIpc) is 2.28. The van der Waals surface area contributed by atoms with E-state index in [4.69, 9.17) is 5.11 Å². The Kier molecular flexibility index (Phi) is 4.30. The molecule has 2 N–H and O–H groups in total. The summed E-state index contributed by atoms with van der Waals surface area (Å²) in [7, 11) is 1.22. The van der Waals surface area contributed by atoms with Crippen LogP contribution in [0.15, 0.2) is 18.2 Å². The van der Waals surface area contributed by atoms with E-state index in [0.717, 1.165) is 6.07 Å². The Morgan fingerprint density at radius 3 is 2.94 bits per heavy atom. The molecule has 1 aromatic rings. The maximum Gasteiger partial charge on any atom is 0.411 e. The molecule has 1 amide bonds. The number of hydrogen-bond acceptors (Lipinski definition) is 3. The minimum absolute atomic E-state index is 0.157. The van der Waals surface area contributed by atoms with Gasteiger partial charge in [0.15, 0.2) is 0 Å². The molecule has 4 nitrogen and oxygen atoms in total. The van der Waals surface area contributed by atoms with Crippen molar-refractivity contribution in [2.24, 2.45) is 0 Å². The molecule has 0 atom stereocenters. The van der Waals surface area contributed by atoms with E-state index in [-0.39, 0.29) is 17.9 Å². The van der Waals surface area contributed by atoms with E-state index in [1.807, 2.05) is 0 Å². The first-order valence-corrected chi connectivity index (χ1v) is 4.41. The highest BCUT2D eigenvalue weighted by molar-refractivity contribution is 5.84. The van der Waals surface area contributed by atoms with Gasteiger partial charge in [-0.15, -0.1) is 0 Å². The smallest absolute Gasteiger partial charge is 0.411 e. The summed E-state index contributed by atoms with van der Waals surface area (Å²) in [4.78, 5) is 10.8. The number of halogens is 1. The van der Waals surface area contributed by atoms with Gasteiger partial charge >= 0.3 is 6.09 Å². The number of rotatable bonds is 1. The highest BCUT2D eigenvalue weighted by Crippen LogP contribution is 2.13. The predicted octanol–water partition coefficient (Wildman–Crippen LogP) is 1.35. The Balaban J connectivity index is 2.86. The Hall–Kier alpha value is -2.06. The first-order valence-electron chi connectivity index (χ1n) is 4.41. The molecule has 1 rings (SSSR count). The summed E-state index contributed by atoms with van der Waals surface area (Å²) in [5.74, 6) is 4.19. The van der Waals surface area contributed by atoms with E-state index < -0.39 is 11.9 Å². The second-order valence-corrected chi connectivity index (χ2v) is 2.77. The van der Waals surface area contributed by atoms with E-state index >= 15 is 0 Å². The van der Waals surface area contributed by atoms with Gasteiger partial charge in [-0.25, -0.2) is 9.18 Å². The Bertz CT molecular complexity index is 448. The molecule has 0 aromatic heterocycles. The molecule has 84 valence electrons. The summed E-state index contributed by atoms with van der Waals surface area (Å²) in [5, 5.41) is 10.8. The van der Waals surface area contributed by atoms with Gasteiger partial charge in [0.1, 0.15) is 12.4 Å². The summed E-state index contributed by atoms with van der Waals surface area (Å²) in [5.41, 5.74) is 0.434. The number of amides is 1. The number of ether oxygens (including phenoxy) is 1. The molecule has 0 heterocycles. The molecule has 0 spiro atoms. The lowest BCUT2D eigenvalue weighted by Gasteiger charge is -2.03. The minimum atomic E-state index is -0.673. The van der Waals surface area contributed by atoms with Gasteiger partial charge in [0.25, 0.3) is 0 Å². The fraction of sp³-hybridized carbons (Fsp3) is 0.182.